The smallest absolute Gasteiger partial charge is 0.318 e. The number of aromatic nitrogens is 1. The number of hydrogen-bond donors (Lipinski definition) is 2. The van der Waals surface area contributed by atoms with Gasteiger partial charge in [-0.1, -0.05) is 12.1 Å². The molecule has 4 amide bonds. The average Bonchev–Trinajstić information content (AvgIpc) is 3.04. The number of nitrogens with two attached hydrogens (primary N) is 1. The number of sulfonamides is 1. The van der Waals surface area contributed by atoms with E-state index in [9.17, 15) is 27.2 Å². The molecule has 0 saturated carbocycles. The van der Waals surface area contributed by atoms with Crippen molar-refractivity contribution >= 4 is 39.6 Å². The van der Waals surface area contributed by atoms with Gasteiger partial charge in [-0.25, -0.2) is 27.6 Å². The minimum Gasteiger partial charge on any atom is -0.318 e. The van der Waals surface area contributed by atoms with Crippen LogP contribution in [0.3, 0.4) is 0 Å². The lowest BCUT2D eigenvalue weighted by Gasteiger charge is -2.26. The number of hydrogen-bond acceptors (Lipinski definition) is 5. The topological polar surface area (TPSA) is 132 Å². The highest BCUT2D eigenvalue weighted by Gasteiger charge is 2.38. The summed E-state index contributed by atoms with van der Waals surface area (Å²) in [6.07, 6.45) is 1.33. The molecule has 11 heteroatoms. The number of nitrogens with one attached hydrogen (secondary N) is 1. The van der Waals surface area contributed by atoms with Crippen LogP contribution >= 0.6 is 0 Å². The van der Waals surface area contributed by atoms with Crippen molar-refractivity contribution < 1.29 is 27.2 Å². The Morgan fingerprint density at radius 1 is 1.00 bits per heavy atom. The molecule has 2 heterocycles. The third-order valence-corrected chi connectivity index (χ3v) is 6.32. The standard InChI is InChI=1S/C23H19FN4O5S/c1-13-11-15(14(2)27(13)16-7-9-17(10-8-16)34(25,32)33)12-18-21(29)26-23(31)28(22(18)30)20-6-4-3-5-19(20)24/h3-12H,1-2H3,(H2,25,32,33)(H,26,29,31)/b18-12+. The molecular formula is C23H19FN4O5S. The lowest BCUT2D eigenvalue weighted by molar-refractivity contribution is -0.122. The van der Waals surface area contributed by atoms with Crippen LogP contribution in [0.25, 0.3) is 11.8 Å². The minimum atomic E-state index is -3.84. The highest BCUT2D eigenvalue weighted by atomic mass is 32.2. The highest BCUT2D eigenvalue weighted by Crippen LogP contribution is 2.27. The summed E-state index contributed by atoms with van der Waals surface area (Å²) in [5.41, 5.74) is 1.90. The van der Waals surface area contributed by atoms with Crippen LogP contribution < -0.4 is 15.4 Å². The third kappa shape index (κ3) is 4.02. The second-order valence-corrected chi connectivity index (χ2v) is 9.17. The molecular weight excluding hydrogens is 463 g/mol. The van der Waals surface area contributed by atoms with Gasteiger partial charge in [-0.05, 0) is 68.0 Å². The van der Waals surface area contributed by atoms with Crippen LogP contribution in [0.1, 0.15) is 17.0 Å². The van der Waals surface area contributed by atoms with E-state index in [1.807, 2.05) is 0 Å². The Labute approximate surface area is 194 Å². The largest absolute Gasteiger partial charge is 0.336 e. The third-order valence-electron chi connectivity index (χ3n) is 5.39. The molecule has 34 heavy (non-hydrogen) atoms. The first-order valence-electron chi connectivity index (χ1n) is 9.97. The summed E-state index contributed by atoms with van der Waals surface area (Å²) in [4.78, 5) is 38.3. The summed E-state index contributed by atoms with van der Waals surface area (Å²) in [5, 5.41) is 7.21. The summed E-state index contributed by atoms with van der Waals surface area (Å²) in [6, 6.07) is 11.8. The predicted molar refractivity (Wildman–Crippen MR) is 122 cm³/mol. The summed E-state index contributed by atoms with van der Waals surface area (Å²) < 4.78 is 39.1. The Bertz CT molecular complexity index is 1490. The van der Waals surface area contributed by atoms with Gasteiger partial charge in [-0.3, -0.25) is 14.9 Å². The lowest BCUT2D eigenvalue weighted by Crippen LogP contribution is -2.54. The van der Waals surface area contributed by atoms with Crippen LogP contribution in [0, 0.1) is 19.7 Å². The molecule has 1 fully saturated rings. The number of carbonyl (C=O) groups excluding carboxylic acids is 3. The van der Waals surface area contributed by atoms with Gasteiger partial charge in [0.1, 0.15) is 11.4 Å². The number of rotatable bonds is 4. The normalized spacial score (nSPS) is 15.7. The minimum absolute atomic E-state index is 0.0385. The molecule has 1 aliphatic heterocycles. The monoisotopic (exact) mass is 482 g/mol. The fraction of sp³-hybridized carbons (Fsp3) is 0.0870. The maximum atomic E-state index is 14.3. The number of aryl methyl sites for hydroxylation is 1. The Morgan fingerprint density at radius 2 is 1.65 bits per heavy atom. The van der Waals surface area contributed by atoms with E-state index >= 15 is 0 Å². The van der Waals surface area contributed by atoms with Gasteiger partial charge in [-0.2, -0.15) is 0 Å². The van der Waals surface area contributed by atoms with Gasteiger partial charge in [0.2, 0.25) is 10.0 Å². The molecule has 0 spiro atoms. The van der Waals surface area contributed by atoms with Crippen LogP contribution in [0.15, 0.2) is 65.1 Å². The summed E-state index contributed by atoms with van der Waals surface area (Å²) >= 11 is 0. The van der Waals surface area contributed by atoms with E-state index < -0.39 is 33.7 Å². The van der Waals surface area contributed by atoms with Crippen LogP contribution in [0.5, 0.6) is 0 Å². The number of primary sulfonamides is 1. The molecule has 0 bridgehead atoms. The first kappa shape index (κ1) is 23.1. The van der Waals surface area contributed by atoms with Crippen molar-refractivity contribution in [2.75, 3.05) is 4.90 Å². The molecule has 3 N–H and O–H groups in total. The SMILES string of the molecule is Cc1cc(/C=C2\C(=O)NC(=O)N(c3ccccc3F)C2=O)c(C)n1-c1ccc(S(N)(=O)=O)cc1. The Kier molecular flexibility index (Phi) is 5.67. The molecule has 0 aliphatic carbocycles. The van der Waals surface area contributed by atoms with E-state index in [1.165, 1.54) is 36.4 Å². The number of halogens is 1. The average molecular weight is 482 g/mol. The fourth-order valence-corrected chi connectivity index (χ4v) is 4.30. The van der Waals surface area contributed by atoms with Gasteiger partial charge in [-0.15, -0.1) is 0 Å². The van der Waals surface area contributed by atoms with Crippen molar-refractivity contribution in [3.05, 3.63) is 82.9 Å². The second-order valence-electron chi connectivity index (χ2n) is 7.61. The van der Waals surface area contributed by atoms with Crippen molar-refractivity contribution in [1.29, 1.82) is 0 Å². The predicted octanol–water partition coefficient (Wildman–Crippen LogP) is 2.55. The summed E-state index contributed by atoms with van der Waals surface area (Å²) in [6.45, 7) is 3.54. The van der Waals surface area contributed by atoms with Gasteiger partial charge in [0.05, 0.1) is 10.6 Å². The van der Waals surface area contributed by atoms with Gasteiger partial charge < -0.3 is 4.57 Å². The zero-order valence-corrected chi connectivity index (χ0v) is 18.9. The van der Waals surface area contributed by atoms with Gasteiger partial charge in [0.15, 0.2) is 0 Å². The number of barbiturate groups is 1. The maximum Gasteiger partial charge on any atom is 0.336 e. The lowest BCUT2D eigenvalue weighted by atomic mass is 10.1. The van der Waals surface area contributed by atoms with Crippen LogP contribution in [-0.2, 0) is 19.6 Å². The van der Waals surface area contributed by atoms with E-state index in [2.05, 4.69) is 5.32 Å². The highest BCUT2D eigenvalue weighted by molar-refractivity contribution is 7.89. The molecule has 2 aromatic carbocycles. The Morgan fingerprint density at radius 3 is 2.26 bits per heavy atom. The van der Waals surface area contributed by atoms with Gasteiger partial charge >= 0.3 is 6.03 Å². The van der Waals surface area contributed by atoms with Gasteiger partial charge in [0.25, 0.3) is 11.8 Å². The van der Waals surface area contributed by atoms with Crippen LogP contribution in [-0.4, -0.2) is 30.8 Å². The Hall–Kier alpha value is -4.09. The summed E-state index contributed by atoms with van der Waals surface area (Å²) in [5.74, 6) is -2.65. The number of imide groups is 2. The number of amides is 4. The molecule has 1 saturated heterocycles. The zero-order chi connectivity index (χ0) is 24.8. The first-order chi connectivity index (χ1) is 16.0. The molecule has 0 unspecified atom stereocenters. The molecule has 0 radical (unpaired) electrons. The fourth-order valence-electron chi connectivity index (χ4n) is 3.78. The molecule has 1 aromatic heterocycles. The van der Waals surface area contributed by atoms with Crippen molar-refractivity contribution in [3.8, 4) is 5.69 Å². The molecule has 1 aliphatic rings. The van der Waals surface area contributed by atoms with Gasteiger partial charge in [0, 0.05) is 17.1 Å². The van der Waals surface area contributed by atoms with E-state index in [1.54, 1.807) is 36.6 Å². The van der Waals surface area contributed by atoms with E-state index in [-0.39, 0.29) is 16.2 Å². The maximum absolute atomic E-state index is 14.3. The molecule has 9 nitrogen and oxygen atoms in total. The number of benzene rings is 2. The quantitative estimate of drug-likeness (QED) is 0.436. The van der Waals surface area contributed by atoms with E-state index in [4.69, 9.17) is 5.14 Å². The van der Waals surface area contributed by atoms with E-state index in [0.717, 1.165) is 11.8 Å². The Balaban J connectivity index is 1.75. The van der Waals surface area contributed by atoms with Crippen LogP contribution in [0.4, 0.5) is 14.9 Å². The molecule has 3 aromatic rings. The number of para-hydroxylation sites is 1. The zero-order valence-electron chi connectivity index (χ0n) is 18.1. The van der Waals surface area contributed by atoms with Crippen molar-refractivity contribution in [2.45, 2.75) is 18.7 Å². The molecule has 0 atom stereocenters. The van der Waals surface area contributed by atoms with Crippen molar-refractivity contribution in [1.82, 2.24) is 9.88 Å². The number of anilines is 1. The molecule has 4 rings (SSSR count). The number of urea groups is 1. The number of nitrogens with zero attached hydrogens (tertiary/aromatic N) is 2. The molecule has 174 valence electrons. The first-order valence-corrected chi connectivity index (χ1v) is 11.5. The van der Waals surface area contributed by atoms with Crippen LogP contribution in [0.2, 0.25) is 0 Å². The summed E-state index contributed by atoms with van der Waals surface area (Å²) in [7, 11) is -3.84. The van der Waals surface area contributed by atoms with Crippen molar-refractivity contribution in [2.24, 2.45) is 5.14 Å². The van der Waals surface area contributed by atoms with Crippen molar-refractivity contribution in [3.63, 3.8) is 0 Å². The number of carbonyl (C=O) groups is 3. The second kappa shape index (κ2) is 8.36. The van der Waals surface area contributed by atoms with E-state index in [0.29, 0.717) is 21.8 Å².